The third kappa shape index (κ3) is 6.14. The molecule has 2 aliphatic rings. The van der Waals surface area contributed by atoms with E-state index in [9.17, 15) is 0 Å². The standard InChI is InChI=1S/C14H32O2Si.C8H16O2Si/c1-11(2)15-17(13(5,6)7,14(8,9)10)16-12(3)4;1-9-11(10-2,7-3-4-7)8-5-6-8/h11-12H,1-10H3;7-8H,3-6H2,1-2H3. The van der Waals surface area contributed by atoms with E-state index in [1.807, 2.05) is 14.2 Å². The van der Waals surface area contributed by atoms with Crippen molar-refractivity contribution in [2.45, 2.75) is 128 Å². The van der Waals surface area contributed by atoms with Gasteiger partial charge in [0.1, 0.15) is 0 Å². The van der Waals surface area contributed by atoms with Crippen LogP contribution in [0.5, 0.6) is 0 Å². The van der Waals surface area contributed by atoms with Gasteiger partial charge in [-0.15, -0.1) is 0 Å². The van der Waals surface area contributed by atoms with Gasteiger partial charge in [-0.25, -0.2) is 0 Å². The van der Waals surface area contributed by atoms with Gasteiger partial charge < -0.3 is 17.7 Å². The minimum Gasteiger partial charge on any atom is -0.397 e. The van der Waals surface area contributed by atoms with Gasteiger partial charge in [-0.3, -0.25) is 0 Å². The van der Waals surface area contributed by atoms with Crippen LogP contribution < -0.4 is 0 Å². The van der Waals surface area contributed by atoms with E-state index in [1.165, 1.54) is 25.7 Å². The highest BCUT2D eigenvalue weighted by atomic mass is 28.4. The van der Waals surface area contributed by atoms with Gasteiger partial charge in [-0.2, -0.15) is 0 Å². The van der Waals surface area contributed by atoms with Crippen molar-refractivity contribution in [3.63, 3.8) is 0 Å². The second-order valence-corrected chi connectivity index (χ2v) is 19.7. The Morgan fingerprint density at radius 2 is 0.929 bits per heavy atom. The van der Waals surface area contributed by atoms with E-state index in [-0.39, 0.29) is 22.3 Å². The molecule has 0 aliphatic heterocycles. The first-order valence-electron chi connectivity index (χ1n) is 11.1. The van der Waals surface area contributed by atoms with Crippen molar-refractivity contribution in [1.29, 1.82) is 0 Å². The van der Waals surface area contributed by atoms with Crippen LogP contribution in [-0.4, -0.2) is 43.5 Å². The van der Waals surface area contributed by atoms with Crippen molar-refractivity contribution in [2.24, 2.45) is 0 Å². The maximum absolute atomic E-state index is 6.39. The Bertz CT molecular complexity index is 428. The number of rotatable bonds is 8. The van der Waals surface area contributed by atoms with E-state index >= 15 is 0 Å². The average Bonchev–Trinajstić information content (AvgIpc) is 3.38. The molecule has 0 unspecified atom stereocenters. The SMILES string of the molecule is CC(C)O[Si](OC(C)C)(C(C)(C)C)C(C)(C)C.CO[Si](OC)(C1CC1)C1CC1. The predicted molar refractivity (Wildman–Crippen MR) is 123 cm³/mol. The molecular weight excluding hydrogens is 384 g/mol. The van der Waals surface area contributed by atoms with Crippen LogP contribution in [-0.2, 0) is 17.7 Å². The van der Waals surface area contributed by atoms with Crippen molar-refractivity contribution in [1.82, 2.24) is 0 Å². The molecule has 2 fully saturated rings. The summed E-state index contributed by atoms with van der Waals surface area (Å²) in [6, 6.07) is 0. The van der Waals surface area contributed by atoms with Crippen LogP contribution in [0.15, 0.2) is 0 Å². The quantitative estimate of drug-likeness (QED) is 0.390. The summed E-state index contributed by atoms with van der Waals surface area (Å²) in [5.74, 6) is 0. The van der Waals surface area contributed by atoms with Crippen molar-refractivity contribution in [3.05, 3.63) is 0 Å². The Labute approximate surface area is 177 Å². The first kappa shape index (κ1) is 26.3. The molecule has 28 heavy (non-hydrogen) atoms. The zero-order chi connectivity index (χ0) is 22.0. The lowest BCUT2D eigenvalue weighted by Gasteiger charge is -2.50. The summed E-state index contributed by atoms with van der Waals surface area (Å²) in [5, 5.41) is 0.111. The summed E-state index contributed by atoms with van der Waals surface area (Å²) >= 11 is 0. The highest BCUT2D eigenvalue weighted by Crippen LogP contribution is 2.58. The first-order valence-corrected chi connectivity index (χ1v) is 14.9. The van der Waals surface area contributed by atoms with E-state index in [4.69, 9.17) is 17.7 Å². The third-order valence-electron chi connectivity index (χ3n) is 5.71. The molecule has 0 spiro atoms. The molecule has 0 radical (unpaired) electrons. The fraction of sp³-hybridized carbons (Fsp3) is 1.00. The zero-order valence-corrected chi connectivity index (χ0v) is 22.8. The van der Waals surface area contributed by atoms with Crippen molar-refractivity contribution in [2.75, 3.05) is 14.2 Å². The van der Waals surface area contributed by atoms with Crippen LogP contribution in [0, 0.1) is 0 Å². The monoisotopic (exact) mass is 432 g/mol. The molecule has 0 aromatic carbocycles. The molecule has 168 valence electrons. The van der Waals surface area contributed by atoms with Crippen LogP contribution in [0.2, 0.25) is 21.2 Å². The Kier molecular flexibility index (Phi) is 9.02. The maximum Gasteiger partial charge on any atom is 0.349 e. The molecule has 0 bridgehead atoms. The van der Waals surface area contributed by atoms with Crippen LogP contribution in [0.25, 0.3) is 0 Å². The van der Waals surface area contributed by atoms with Crippen molar-refractivity contribution >= 4 is 17.1 Å². The fourth-order valence-corrected chi connectivity index (χ4v) is 13.7. The zero-order valence-electron chi connectivity index (χ0n) is 20.8. The topological polar surface area (TPSA) is 36.9 Å². The predicted octanol–water partition coefficient (Wildman–Crippen LogP) is 6.93. The molecule has 0 aromatic heterocycles. The molecule has 4 nitrogen and oxygen atoms in total. The molecule has 2 rings (SSSR count). The van der Waals surface area contributed by atoms with E-state index in [2.05, 4.69) is 69.2 Å². The molecule has 6 heteroatoms. The summed E-state index contributed by atoms with van der Waals surface area (Å²) in [4.78, 5) is 0. The Balaban J connectivity index is 0.000000302. The molecule has 0 N–H and O–H groups in total. The normalized spacial score (nSPS) is 19.1. The molecule has 0 amide bonds. The lowest BCUT2D eigenvalue weighted by atomic mass is 10.2. The molecular formula is C22H48O4Si2. The van der Waals surface area contributed by atoms with Gasteiger partial charge in [-0.05, 0) is 53.4 Å². The van der Waals surface area contributed by atoms with Gasteiger partial charge in [0.2, 0.25) is 0 Å². The molecule has 0 heterocycles. The Morgan fingerprint density at radius 1 is 0.643 bits per heavy atom. The maximum atomic E-state index is 6.39. The summed E-state index contributed by atoms with van der Waals surface area (Å²) < 4.78 is 24.1. The first-order chi connectivity index (χ1) is 12.7. The highest BCUT2D eigenvalue weighted by Gasteiger charge is 2.60. The molecule has 0 saturated heterocycles. The number of hydrogen-bond acceptors (Lipinski definition) is 4. The smallest absolute Gasteiger partial charge is 0.349 e. The fourth-order valence-electron chi connectivity index (χ4n) is 4.58. The van der Waals surface area contributed by atoms with Crippen LogP contribution in [0.4, 0.5) is 0 Å². The third-order valence-corrected chi connectivity index (χ3v) is 16.0. The van der Waals surface area contributed by atoms with Gasteiger partial charge in [0.15, 0.2) is 0 Å². The molecule has 0 atom stereocenters. The minimum absolute atomic E-state index is 0.0553. The Morgan fingerprint density at radius 3 is 1.07 bits per heavy atom. The van der Waals surface area contributed by atoms with Gasteiger partial charge in [0.05, 0.1) is 0 Å². The summed E-state index contributed by atoms with van der Waals surface area (Å²) in [6.07, 6.45) is 5.82. The van der Waals surface area contributed by atoms with Gasteiger partial charge in [0.25, 0.3) is 0 Å². The lowest BCUT2D eigenvalue weighted by Crippen LogP contribution is -2.59. The van der Waals surface area contributed by atoms with E-state index in [0.29, 0.717) is 0 Å². The van der Waals surface area contributed by atoms with Gasteiger partial charge >= 0.3 is 17.1 Å². The molecule has 2 aliphatic carbocycles. The largest absolute Gasteiger partial charge is 0.397 e. The van der Waals surface area contributed by atoms with E-state index in [1.54, 1.807) is 0 Å². The summed E-state index contributed by atoms with van der Waals surface area (Å²) in [7, 11) is -0.321. The van der Waals surface area contributed by atoms with E-state index < -0.39 is 17.1 Å². The van der Waals surface area contributed by atoms with Gasteiger partial charge in [-0.1, -0.05) is 41.5 Å². The van der Waals surface area contributed by atoms with Crippen LogP contribution in [0.1, 0.15) is 94.9 Å². The minimum atomic E-state index is -2.32. The highest BCUT2D eigenvalue weighted by molar-refractivity contribution is 6.73. The number of hydrogen-bond donors (Lipinski definition) is 0. The van der Waals surface area contributed by atoms with Gasteiger partial charge in [0, 0.05) is 47.6 Å². The molecule has 0 aromatic rings. The average molecular weight is 433 g/mol. The summed E-state index contributed by atoms with van der Waals surface area (Å²) in [5.41, 5.74) is 1.65. The van der Waals surface area contributed by atoms with Crippen LogP contribution in [0.3, 0.4) is 0 Å². The lowest BCUT2D eigenvalue weighted by molar-refractivity contribution is 0.0713. The second kappa shape index (κ2) is 9.60. The van der Waals surface area contributed by atoms with Crippen LogP contribution >= 0.6 is 0 Å². The second-order valence-electron chi connectivity index (χ2n) is 11.1. The van der Waals surface area contributed by atoms with Crippen molar-refractivity contribution < 1.29 is 17.7 Å². The summed E-state index contributed by atoms with van der Waals surface area (Å²) in [6.45, 7) is 21.9. The van der Waals surface area contributed by atoms with E-state index in [0.717, 1.165) is 11.1 Å². The van der Waals surface area contributed by atoms with Crippen molar-refractivity contribution in [3.8, 4) is 0 Å². The Hall–Kier alpha value is 0.274. The molecule has 2 saturated carbocycles.